The average molecular weight is 273 g/mol. The number of rotatable bonds is 3. The largest absolute Gasteiger partial charge is 0.379 e. The van der Waals surface area contributed by atoms with Gasteiger partial charge in [-0.1, -0.05) is 0 Å². The predicted octanol–water partition coefficient (Wildman–Crippen LogP) is 1.82. The first-order valence-corrected chi connectivity index (χ1v) is 7.70. The highest BCUT2D eigenvalue weighted by Crippen LogP contribution is 2.22. The average Bonchev–Trinajstić information content (AvgIpc) is 2.32. The highest BCUT2D eigenvalue weighted by molar-refractivity contribution is 7.90. The van der Waals surface area contributed by atoms with Crippen molar-refractivity contribution >= 4 is 15.5 Å². The third kappa shape index (κ3) is 3.20. The molecule has 0 radical (unpaired) electrons. The lowest BCUT2D eigenvalue weighted by Gasteiger charge is -2.24. The maximum Gasteiger partial charge on any atom is 0.175 e. The van der Waals surface area contributed by atoms with E-state index in [1.54, 1.807) is 0 Å². The molecule has 0 bridgehead atoms. The van der Waals surface area contributed by atoms with Crippen molar-refractivity contribution < 1.29 is 17.5 Å². The molecule has 1 fully saturated rings. The minimum absolute atomic E-state index is 0.0306. The second kappa shape index (κ2) is 5.24. The fourth-order valence-corrected chi connectivity index (χ4v) is 2.57. The molecule has 1 aliphatic rings. The van der Waals surface area contributed by atoms with Crippen molar-refractivity contribution in [3.05, 3.63) is 24.0 Å². The molecule has 0 aliphatic carbocycles. The number of hydrogen-bond donors (Lipinski definition) is 1. The number of ether oxygens (including phenoxy) is 1. The highest BCUT2D eigenvalue weighted by atomic mass is 32.2. The van der Waals surface area contributed by atoms with Crippen LogP contribution in [-0.4, -0.2) is 33.9 Å². The molecule has 1 saturated heterocycles. The Hall–Kier alpha value is -1.14. The molecule has 4 nitrogen and oxygen atoms in total. The maximum absolute atomic E-state index is 13.6. The monoisotopic (exact) mass is 273 g/mol. The Bertz CT molecular complexity index is 524. The molecule has 6 heteroatoms. The normalized spacial score (nSPS) is 20.7. The van der Waals surface area contributed by atoms with Crippen molar-refractivity contribution in [3.63, 3.8) is 0 Å². The number of halogens is 1. The first-order valence-electron chi connectivity index (χ1n) is 5.81. The van der Waals surface area contributed by atoms with Crippen LogP contribution in [0.4, 0.5) is 10.1 Å². The number of nitrogens with one attached hydrogen (secondary N) is 1. The summed E-state index contributed by atoms with van der Waals surface area (Å²) in [5.41, 5.74) is 0.216. The minimum atomic E-state index is -3.32. The van der Waals surface area contributed by atoms with E-state index >= 15 is 0 Å². The summed E-state index contributed by atoms with van der Waals surface area (Å²) >= 11 is 0. The zero-order valence-electron chi connectivity index (χ0n) is 10.1. The molecule has 0 saturated carbocycles. The second-order valence-electron chi connectivity index (χ2n) is 4.47. The molecule has 1 aromatic rings. The van der Waals surface area contributed by atoms with E-state index in [1.807, 2.05) is 0 Å². The van der Waals surface area contributed by atoms with Crippen LogP contribution < -0.4 is 5.32 Å². The molecule has 1 heterocycles. The summed E-state index contributed by atoms with van der Waals surface area (Å²) in [7, 11) is -3.32. The Kier molecular flexibility index (Phi) is 3.87. The first-order chi connectivity index (χ1) is 8.47. The minimum Gasteiger partial charge on any atom is -0.379 e. The van der Waals surface area contributed by atoms with E-state index in [0.717, 1.165) is 25.7 Å². The van der Waals surface area contributed by atoms with Crippen molar-refractivity contribution in [1.29, 1.82) is 0 Å². The lowest BCUT2D eigenvalue weighted by Crippen LogP contribution is -2.30. The van der Waals surface area contributed by atoms with Crippen LogP contribution in [-0.2, 0) is 14.6 Å². The van der Waals surface area contributed by atoms with Gasteiger partial charge in [-0.2, -0.15) is 0 Å². The van der Waals surface area contributed by atoms with E-state index in [0.29, 0.717) is 6.61 Å². The number of hydrogen-bond acceptors (Lipinski definition) is 4. The molecule has 100 valence electrons. The molecule has 0 spiro atoms. The van der Waals surface area contributed by atoms with Crippen LogP contribution in [0.3, 0.4) is 0 Å². The summed E-state index contributed by atoms with van der Waals surface area (Å²) in [4.78, 5) is 0.114. The van der Waals surface area contributed by atoms with Crippen LogP contribution in [0.1, 0.15) is 12.8 Å². The molecule has 1 unspecified atom stereocenters. The zero-order chi connectivity index (χ0) is 13.2. The van der Waals surface area contributed by atoms with E-state index in [9.17, 15) is 12.8 Å². The van der Waals surface area contributed by atoms with Gasteiger partial charge in [0.05, 0.1) is 17.2 Å². The Balaban J connectivity index is 2.21. The van der Waals surface area contributed by atoms with Gasteiger partial charge >= 0.3 is 0 Å². The van der Waals surface area contributed by atoms with Gasteiger partial charge in [-0.25, -0.2) is 12.8 Å². The Morgan fingerprint density at radius 1 is 1.44 bits per heavy atom. The smallest absolute Gasteiger partial charge is 0.175 e. The van der Waals surface area contributed by atoms with E-state index in [-0.39, 0.29) is 16.6 Å². The number of benzene rings is 1. The van der Waals surface area contributed by atoms with Crippen LogP contribution in [0.15, 0.2) is 23.1 Å². The summed E-state index contributed by atoms with van der Waals surface area (Å²) in [5.74, 6) is -0.451. The van der Waals surface area contributed by atoms with Crippen LogP contribution in [0.25, 0.3) is 0 Å². The van der Waals surface area contributed by atoms with E-state index < -0.39 is 15.7 Å². The summed E-state index contributed by atoms with van der Waals surface area (Å²) in [5, 5.41) is 3.00. The Labute approximate surface area is 106 Å². The van der Waals surface area contributed by atoms with Crippen LogP contribution >= 0.6 is 0 Å². The lowest BCUT2D eigenvalue weighted by molar-refractivity contribution is 0.0875. The van der Waals surface area contributed by atoms with Crippen molar-refractivity contribution in [2.24, 2.45) is 0 Å². The number of sulfone groups is 1. The molecule has 2 rings (SSSR count). The summed E-state index contributed by atoms with van der Waals surface area (Å²) < 4.78 is 41.7. The van der Waals surface area contributed by atoms with Gasteiger partial charge in [-0.15, -0.1) is 0 Å². The van der Waals surface area contributed by atoms with E-state index in [2.05, 4.69) is 5.32 Å². The van der Waals surface area contributed by atoms with Gasteiger partial charge in [-0.05, 0) is 31.0 Å². The fraction of sp³-hybridized carbons (Fsp3) is 0.500. The lowest BCUT2D eigenvalue weighted by atomic mass is 10.1. The Morgan fingerprint density at radius 3 is 2.83 bits per heavy atom. The molecule has 1 N–H and O–H groups in total. The van der Waals surface area contributed by atoms with Crippen molar-refractivity contribution in [2.45, 2.75) is 23.8 Å². The standard InChI is InChI=1S/C12H16FNO3S/c1-18(15,16)10-4-5-11(13)12(7-10)14-9-3-2-6-17-8-9/h4-5,7,9,14H,2-3,6,8H2,1H3. The van der Waals surface area contributed by atoms with Crippen molar-refractivity contribution in [1.82, 2.24) is 0 Å². The fourth-order valence-electron chi connectivity index (χ4n) is 1.92. The molecule has 18 heavy (non-hydrogen) atoms. The van der Waals surface area contributed by atoms with Gasteiger partial charge in [0.25, 0.3) is 0 Å². The second-order valence-corrected chi connectivity index (χ2v) is 6.49. The molecule has 1 atom stereocenters. The van der Waals surface area contributed by atoms with Crippen LogP contribution in [0, 0.1) is 5.82 Å². The van der Waals surface area contributed by atoms with Gasteiger partial charge in [0, 0.05) is 18.9 Å². The van der Waals surface area contributed by atoms with Gasteiger partial charge in [0.2, 0.25) is 0 Å². The maximum atomic E-state index is 13.6. The third-order valence-corrected chi connectivity index (χ3v) is 4.00. The summed E-state index contributed by atoms with van der Waals surface area (Å²) in [6.07, 6.45) is 2.92. The summed E-state index contributed by atoms with van der Waals surface area (Å²) in [6.45, 7) is 1.24. The third-order valence-electron chi connectivity index (χ3n) is 2.89. The van der Waals surface area contributed by atoms with E-state index in [4.69, 9.17) is 4.74 Å². The molecular formula is C12H16FNO3S. The topological polar surface area (TPSA) is 55.4 Å². The van der Waals surface area contributed by atoms with E-state index in [1.165, 1.54) is 18.2 Å². The van der Waals surface area contributed by atoms with Gasteiger partial charge in [0.15, 0.2) is 9.84 Å². The molecule has 1 aromatic carbocycles. The Morgan fingerprint density at radius 2 is 2.22 bits per heavy atom. The quantitative estimate of drug-likeness (QED) is 0.854. The number of anilines is 1. The first kappa shape index (κ1) is 13.3. The van der Waals surface area contributed by atoms with Crippen LogP contribution in [0.5, 0.6) is 0 Å². The molecular weight excluding hydrogens is 257 g/mol. The molecule has 0 amide bonds. The molecule has 0 aromatic heterocycles. The molecule has 1 aliphatic heterocycles. The van der Waals surface area contributed by atoms with Crippen molar-refractivity contribution in [2.75, 3.05) is 24.8 Å². The SMILES string of the molecule is CS(=O)(=O)c1ccc(F)c(NC2CCCOC2)c1. The predicted molar refractivity (Wildman–Crippen MR) is 67.0 cm³/mol. The van der Waals surface area contributed by atoms with Crippen molar-refractivity contribution in [3.8, 4) is 0 Å². The van der Waals surface area contributed by atoms with Crippen LogP contribution in [0.2, 0.25) is 0 Å². The van der Waals surface area contributed by atoms with Gasteiger partial charge in [-0.3, -0.25) is 0 Å². The van der Waals surface area contributed by atoms with Gasteiger partial charge < -0.3 is 10.1 Å². The summed E-state index contributed by atoms with van der Waals surface area (Å²) in [6, 6.07) is 3.80. The zero-order valence-corrected chi connectivity index (χ0v) is 11.0. The van der Waals surface area contributed by atoms with Gasteiger partial charge in [0.1, 0.15) is 5.82 Å². The highest BCUT2D eigenvalue weighted by Gasteiger charge is 2.17.